The van der Waals surface area contributed by atoms with E-state index in [1.807, 2.05) is 39.0 Å². The molecule has 206 valence electrons. The Morgan fingerprint density at radius 2 is 1.18 bits per heavy atom. The van der Waals surface area contributed by atoms with Crippen molar-refractivity contribution in [2.24, 2.45) is 0 Å². The Labute approximate surface area is 224 Å². The molecule has 9 heteroatoms. The van der Waals surface area contributed by atoms with Gasteiger partial charge in [0.2, 0.25) is 0 Å². The van der Waals surface area contributed by atoms with Crippen LogP contribution in [0.5, 0.6) is 0 Å². The minimum absolute atomic E-state index is 0.358. The molecule has 0 amide bonds. The second-order valence-electron chi connectivity index (χ2n) is 13.0. The van der Waals surface area contributed by atoms with Crippen LogP contribution in [-0.4, -0.2) is 34.5 Å². The zero-order chi connectivity index (χ0) is 28.0. The largest absolute Gasteiger partial charge is 0.361 e. The summed E-state index contributed by atoms with van der Waals surface area (Å²) in [6.45, 7) is 19.5. The Bertz CT molecular complexity index is 1300. The Hall–Kier alpha value is -2.96. The lowest BCUT2D eigenvalue weighted by Crippen LogP contribution is -2.46. The molecule has 0 radical (unpaired) electrons. The Morgan fingerprint density at radius 3 is 1.68 bits per heavy atom. The summed E-state index contributed by atoms with van der Waals surface area (Å²) in [5.74, 6) is 1.49. The molecule has 0 aliphatic carbocycles. The SMILES string of the molecule is CC(C)(CC#N)c1cc(CC(C)(C)c2cc(CC(C)(C)c3cc(C(C)(C)C4(C)OCCO4)no3)no2)no1. The molecule has 1 fully saturated rings. The van der Waals surface area contributed by atoms with Gasteiger partial charge in [0.1, 0.15) is 17.3 Å². The van der Waals surface area contributed by atoms with E-state index >= 15 is 0 Å². The molecule has 0 bridgehead atoms. The van der Waals surface area contributed by atoms with Crippen LogP contribution in [0.25, 0.3) is 0 Å². The Balaban J connectivity index is 1.46. The van der Waals surface area contributed by atoms with Gasteiger partial charge in [-0.2, -0.15) is 5.26 Å². The number of aromatic nitrogens is 3. The third-order valence-corrected chi connectivity index (χ3v) is 8.01. The van der Waals surface area contributed by atoms with Crippen LogP contribution >= 0.6 is 0 Å². The zero-order valence-corrected chi connectivity index (χ0v) is 24.1. The van der Waals surface area contributed by atoms with E-state index in [2.05, 4.69) is 63.1 Å². The molecule has 38 heavy (non-hydrogen) atoms. The maximum atomic E-state index is 9.10. The molecule has 4 heterocycles. The standard InChI is InChI=1S/C29H40N4O5/c1-25(2,10-11-30)22-14-19(31-36-22)17-26(3,4)23-15-20(32-37-23)18-27(5,6)24-16-21(33-38-24)28(7,8)29(9)34-12-13-35-29/h14-16H,10,12-13,17-18H2,1-9H3. The number of rotatable bonds is 10. The van der Waals surface area contributed by atoms with Crippen molar-refractivity contribution in [2.45, 2.75) is 109 Å². The van der Waals surface area contributed by atoms with Crippen molar-refractivity contribution in [2.75, 3.05) is 13.2 Å². The van der Waals surface area contributed by atoms with Gasteiger partial charge in [-0.15, -0.1) is 0 Å². The van der Waals surface area contributed by atoms with E-state index in [-0.39, 0.29) is 16.2 Å². The third kappa shape index (κ3) is 5.29. The Kier molecular flexibility index (Phi) is 7.13. The van der Waals surface area contributed by atoms with Crippen molar-refractivity contribution in [1.29, 1.82) is 5.26 Å². The highest BCUT2D eigenvalue weighted by atomic mass is 16.7. The van der Waals surface area contributed by atoms with Crippen LogP contribution in [-0.2, 0) is 44.0 Å². The van der Waals surface area contributed by atoms with Crippen molar-refractivity contribution < 1.29 is 23.0 Å². The molecular weight excluding hydrogens is 484 g/mol. The minimum atomic E-state index is -0.756. The topological polar surface area (TPSA) is 120 Å². The quantitative estimate of drug-likeness (QED) is 0.318. The van der Waals surface area contributed by atoms with Crippen molar-refractivity contribution in [3.63, 3.8) is 0 Å². The van der Waals surface area contributed by atoms with Gasteiger partial charge in [0.25, 0.3) is 0 Å². The van der Waals surface area contributed by atoms with Crippen LogP contribution < -0.4 is 0 Å². The van der Waals surface area contributed by atoms with Crippen LogP contribution in [0.3, 0.4) is 0 Å². The predicted molar refractivity (Wildman–Crippen MR) is 140 cm³/mol. The molecule has 1 aliphatic rings. The first-order valence-corrected chi connectivity index (χ1v) is 13.1. The van der Waals surface area contributed by atoms with Crippen molar-refractivity contribution in [1.82, 2.24) is 15.5 Å². The Morgan fingerprint density at radius 1 is 0.737 bits per heavy atom. The van der Waals surface area contributed by atoms with Crippen LogP contribution in [0.15, 0.2) is 31.8 Å². The first-order valence-electron chi connectivity index (χ1n) is 13.1. The molecule has 0 saturated carbocycles. The van der Waals surface area contributed by atoms with Gasteiger partial charge in [-0.05, 0) is 20.8 Å². The smallest absolute Gasteiger partial charge is 0.176 e. The third-order valence-electron chi connectivity index (χ3n) is 8.01. The van der Waals surface area contributed by atoms with Gasteiger partial charge in [0.15, 0.2) is 5.79 Å². The molecule has 0 N–H and O–H groups in total. The highest BCUT2D eigenvalue weighted by molar-refractivity contribution is 5.26. The lowest BCUT2D eigenvalue weighted by atomic mass is 9.78. The first kappa shape index (κ1) is 28.1. The number of ether oxygens (including phenoxy) is 2. The highest BCUT2D eigenvalue weighted by Crippen LogP contribution is 2.42. The van der Waals surface area contributed by atoms with Crippen molar-refractivity contribution in [3.8, 4) is 6.07 Å². The fourth-order valence-corrected chi connectivity index (χ4v) is 4.79. The fraction of sp³-hybridized carbons (Fsp3) is 0.655. The molecule has 3 aromatic rings. The number of hydrogen-bond acceptors (Lipinski definition) is 9. The van der Waals surface area contributed by atoms with Crippen molar-refractivity contribution >= 4 is 0 Å². The minimum Gasteiger partial charge on any atom is -0.361 e. The van der Waals surface area contributed by atoms with Crippen molar-refractivity contribution in [3.05, 3.63) is 52.6 Å². The van der Waals surface area contributed by atoms with E-state index in [9.17, 15) is 0 Å². The van der Waals surface area contributed by atoms with Gasteiger partial charge in [-0.1, -0.05) is 57.0 Å². The summed E-state index contributed by atoms with van der Waals surface area (Å²) in [7, 11) is 0. The lowest BCUT2D eigenvalue weighted by Gasteiger charge is -2.37. The van der Waals surface area contributed by atoms with Crippen LogP contribution in [0.2, 0.25) is 0 Å². The molecule has 0 aromatic carbocycles. The molecule has 1 aliphatic heterocycles. The average Bonchev–Trinajstić information content (AvgIpc) is 3.60. The number of hydrogen-bond donors (Lipinski definition) is 0. The summed E-state index contributed by atoms with van der Waals surface area (Å²) in [5.41, 5.74) is 0.832. The van der Waals surface area contributed by atoms with Gasteiger partial charge in [0.05, 0.1) is 41.8 Å². The maximum absolute atomic E-state index is 9.10. The van der Waals surface area contributed by atoms with Gasteiger partial charge in [0, 0.05) is 53.7 Å². The highest BCUT2D eigenvalue weighted by Gasteiger charge is 2.49. The second-order valence-corrected chi connectivity index (χ2v) is 13.0. The van der Waals surface area contributed by atoms with E-state index in [0.29, 0.717) is 38.2 Å². The van der Waals surface area contributed by atoms with Gasteiger partial charge in [-0.25, -0.2) is 0 Å². The van der Waals surface area contributed by atoms with E-state index in [0.717, 1.165) is 28.6 Å². The van der Waals surface area contributed by atoms with E-state index in [4.69, 9.17) is 28.3 Å². The summed E-state index contributed by atoms with van der Waals surface area (Å²) < 4.78 is 29.0. The fourth-order valence-electron chi connectivity index (χ4n) is 4.79. The summed E-state index contributed by atoms with van der Waals surface area (Å²) in [4.78, 5) is 0. The normalized spacial score (nSPS) is 16.6. The summed E-state index contributed by atoms with van der Waals surface area (Å²) in [6.07, 6.45) is 1.58. The molecule has 1 saturated heterocycles. The summed E-state index contributed by atoms with van der Waals surface area (Å²) in [5, 5.41) is 22.1. The molecule has 9 nitrogen and oxygen atoms in total. The predicted octanol–water partition coefficient (Wildman–Crippen LogP) is 5.92. The van der Waals surface area contributed by atoms with E-state index in [1.54, 1.807) is 0 Å². The number of nitrogens with zero attached hydrogens (tertiary/aromatic N) is 4. The molecule has 0 atom stereocenters. The van der Waals surface area contributed by atoms with E-state index in [1.165, 1.54) is 0 Å². The van der Waals surface area contributed by atoms with Crippen LogP contribution in [0.4, 0.5) is 0 Å². The van der Waals surface area contributed by atoms with Gasteiger partial charge < -0.3 is 23.0 Å². The number of nitriles is 1. The molecule has 0 unspecified atom stereocenters. The first-order chi connectivity index (χ1) is 17.6. The van der Waals surface area contributed by atoms with Gasteiger partial charge in [-0.3, -0.25) is 0 Å². The molecular formula is C29H40N4O5. The molecule has 0 spiro atoms. The van der Waals surface area contributed by atoms with Crippen LogP contribution in [0.1, 0.15) is 103 Å². The zero-order valence-electron chi connectivity index (χ0n) is 24.1. The van der Waals surface area contributed by atoms with Gasteiger partial charge >= 0.3 is 0 Å². The lowest BCUT2D eigenvalue weighted by molar-refractivity contribution is -0.187. The van der Waals surface area contributed by atoms with E-state index < -0.39 is 11.2 Å². The summed E-state index contributed by atoms with van der Waals surface area (Å²) >= 11 is 0. The molecule has 4 rings (SSSR count). The summed E-state index contributed by atoms with van der Waals surface area (Å²) in [6, 6.07) is 8.15. The average molecular weight is 525 g/mol. The monoisotopic (exact) mass is 524 g/mol. The second kappa shape index (κ2) is 9.65. The van der Waals surface area contributed by atoms with Crippen LogP contribution in [0, 0.1) is 11.3 Å². The maximum Gasteiger partial charge on any atom is 0.176 e. The molecule has 3 aromatic heterocycles.